The summed E-state index contributed by atoms with van der Waals surface area (Å²) in [6.07, 6.45) is 5.39. The fourth-order valence-corrected chi connectivity index (χ4v) is 2.21. The molecule has 1 heterocycles. The number of hydrogen-bond donors (Lipinski definition) is 1. The van der Waals surface area contributed by atoms with Crippen molar-refractivity contribution in [3.63, 3.8) is 0 Å². The molecule has 2 nitrogen and oxygen atoms in total. The van der Waals surface area contributed by atoms with Crippen molar-refractivity contribution < 1.29 is 0 Å². The van der Waals surface area contributed by atoms with Crippen molar-refractivity contribution in [1.29, 1.82) is 0 Å². The summed E-state index contributed by atoms with van der Waals surface area (Å²) in [6.45, 7) is 0. The largest absolute Gasteiger partial charge is 0.316 e. The first kappa shape index (κ1) is 13.1. The molecule has 0 saturated heterocycles. The molecule has 1 N–H and O–H groups in total. The lowest BCUT2D eigenvalue weighted by molar-refractivity contribution is 0.556. The maximum Gasteiger partial charge on any atom is 0.0621 e. The number of rotatable bonds is 5. The van der Waals surface area contributed by atoms with Gasteiger partial charge < -0.3 is 5.32 Å². The standard InChI is InChI=1S/C15H17ClN2/c1-17-14(9-12-5-3-2-4-6-12)10-13-7-8-18-11-15(13)16/h2-8,11,14,17H,9-10H2,1H3. The lowest BCUT2D eigenvalue weighted by atomic mass is 10.00. The van der Waals surface area contributed by atoms with Crippen molar-refractivity contribution in [1.82, 2.24) is 10.3 Å². The normalized spacial score (nSPS) is 12.3. The van der Waals surface area contributed by atoms with E-state index in [1.165, 1.54) is 5.56 Å². The molecule has 0 saturated carbocycles. The number of pyridine rings is 1. The molecule has 3 heteroatoms. The lowest BCUT2D eigenvalue weighted by Gasteiger charge is -2.17. The second kappa shape index (κ2) is 6.53. The van der Waals surface area contributed by atoms with Crippen LogP contribution in [0.1, 0.15) is 11.1 Å². The molecule has 1 atom stereocenters. The zero-order valence-corrected chi connectivity index (χ0v) is 11.2. The summed E-state index contributed by atoms with van der Waals surface area (Å²) in [5.74, 6) is 0. The highest BCUT2D eigenvalue weighted by molar-refractivity contribution is 6.31. The minimum absolute atomic E-state index is 0.382. The number of likely N-dealkylation sites (N-methyl/N-ethyl adjacent to an activating group) is 1. The Morgan fingerprint density at radius 2 is 1.94 bits per heavy atom. The molecule has 1 unspecified atom stereocenters. The number of hydrogen-bond acceptors (Lipinski definition) is 2. The van der Waals surface area contributed by atoms with Crippen molar-refractivity contribution in [2.24, 2.45) is 0 Å². The van der Waals surface area contributed by atoms with Crippen LogP contribution in [0.3, 0.4) is 0 Å². The number of benzene rings is 1. The highest BCUT2D eigenvalue weighted by Crippen LogP contribution is 2.16. The molecule has 0 amide bonds. The second-order valence-corrected chi connectivity index (χ2v) is 4.75. The zero-order valence-electron chi connectivity index (χ0n) is 10.4. The maximum absolute atomic E-state index is 6.14. The maximum atomic E-state index is 6.14. The van der Waals surface area contributed by atoms with Crippen LogP contribution in [0.2, 0.25) is 5.02 Å². The average molecular weight is 261 g/mol. The van der Waals surface area contributed by atoms with Crippen LogP contribution in [-0.2, 0) is 12.8 Å². The van der Waals surface area contributed by atoms with Crippen LogP contribution >= 0.6 is 11.6 Å². The predicted octanol–water partition coefficient (Wildman–Crippen LogP) is 3.11. The van der Waals surface area contributed by atoms with E-state index in [2.05, 4.69) is 34.6 Å². The highest BCUT2D eigenvalue weighted by atomic mass is 35.5. The number of aromatic nitrogens is 1. The van der Waals surface area contributed by atoms with E-state index in [1.54, 1.807) is 12.4 Å². The molecule has 0 bridgehead atoms. The van der Waals surface area contributed by atoms with E-state index in [-0.39, 0.29) is 0 Å². The van der Waals surface area contributed by atoms with Crippen LogP contribution in [0.4, 0.5) is 0 Å². The van der Waals surface area contributed by atoms with E-state index in [1.807, 2.05) is 19.2 Å². The van der Waals surface area contributed by atoms with E-state index >= 15 is 0 Å². The summed E-state index contributed by atoms with van der Waals surface area (Å²) in [5, 5.41) is 4.09. The number of nitrogens with one attached hydrogen (secondary N) is 1. The van der Waals surface area contributed by atoms with Gasteiger partial charge in [-0.25, -0.2) is 0 Å². The predicted molar refractivity (Wildman–Crippen MR) is 75.9 cm³/mol. The average Bonchev–Trinajstić information content (AvgIpc) is 2.41. The molecular weight excluding hydrogens is 244 g/mol. The van der Waals surface area contributed by atoms with Gasteiger partial charge >= 0.3 is 0 Å². The topological polar surface area (TPSA) is 24.9 Å². The number of halogens is 1. The van der Waals surface area contributed by atoms with Crippen LogP contribution in [0.25, 0.3) is 0 Å². The molecular formula is C15H17ClN2. The van der Waals surface area contributed by atoms with Crippen LogP contribution in [0.15, 0.2) is 48.8 Å². The second-order valence-electron chi connectivity index (χ2n) is 4.35. The van der Waals surface area contributed by atoms with Gasteiger partial charge in [0.05, 0.1) is 5.02 Å². The van der Waals surface area contributed by atoms with Gasteiger partial charge in [-0.2, -0.15) is 0 Å². The molecule has 0 fully saturated rings. The molecule has 0 spiro atoms. The van der Waals surface area contributed by atoms with Gasteiger partial charge in [-0.1, -0.05) is 41.9 Å². The third-order valence-electron chi connectivity index (χ3n) is 3.06. The fourth-order valence-electron chi connectivity index (χ4n) is 2.01. The number of nitrogens with zero attached hydrogens (tertiary/aromatic N) is 1. The quantitative estimate of drug-likeness (QED) is 0.894. The monoisotopic (exact) mass is 260 g/mol. The van der Waals surface area contributed by atoms with E-state index in [9.17, 15) is 0 Å². The first-order valence-electron chi connectivity index (χ1n) is 6.09. The minimum Gasteiger partial charge on any atom is -0.316 e. The zero-order chi connectivity index (χ0) is 12.8. The third-order valence-corrected chi connectivity index (χ3v) is 3.40. The van der Waals surface area contributed by atoms with Crippen LogP contribution < -0.4 is 5.32 Å². The van der Waals surface area contributed by atoms with Gasteiger partial charge in [0.25, 0.3) is 0 Å². The summed E-state index contributed by atoms with van der Waals surface area (Å²) in [5.41, 5.74) is 2.48. The van der Waals surface area contributed by atoms with Crippen LogP contribution in [-0.4, -0.2) is 18.1 Å². The molecule has 0 aliphatic carbocycles. The van der Waals surface area contributed by atoms with Gasteiger partial charge in [-0.15, -0.1) is 0 Å². The van der Waals surface area contributed by atoms with Crippen molar-refractivity contribution in [2.75, 3.05) is 7.05 Å². The summed E-state index contributed by atoms with van der Waals surface area (Å²) < 4.78 is 0. The van der Waals surface area contributed by atoms with Crippen LogP contribution in [0.5, 0.6) is 0 Å². The Kier molecular flexibility index (Phi) is 4.73. The SMILES string of the molecule is CNC(Cc1ccccc1)Cc1ccncc1Cl. The van der Waals surface area contributed by atoms with Gasteiger partial charge in [-0.3, -0.25) is 4.98 Å². The summed E-state index contributed by atoms with van der Waals surface area (Å²) in [7, 11) is 1.99. The van der Waals surface area contributed by atoms with Crippen LogP contribution in [0, 0.1) is 0 Å². The minimum atomic E-state index is 0.382. The summed E-state index contributed by atoms with van der Waals surface area (Å²) >= 11 is 6.14. The van der Waals surface area contributed by atoms with Gasteiger partial charge in [-0.05, 0) is 37.1 Å². The molecule has 0 aliphatic rings. The Bertz CT molecular complexity index is 485. The smallest absolute Gasteiger partial charge is 0.0621 e. The van der Waals surface area contributed by atoms with Gasteiger partial charge in [0.15, 0.2) is 0 Å². The lowest BCUT2D eigenvalue weighted by Crippen LogP contribution is -2.30. The van der Waals surface area contributed by atoms with Gasteiger partial charge in [0.1, 0.15) is 0 Å². The molecule has 1 aromatic heterocycles. The molecule has 2 rings (SSSR count). The summed E-state index contributed by atoms with van der Waals surface area (Å²) in [4.78, 5) is 4.01. The first-order valence-corrected chi connectivity index (χ1v) is 6.47. The molecule has 0 radical (unpaired) electrons. The molecule has 2 aromatic rings. The fraction of sp³-hybridized carbons (Fsp3) is 0.267. The third kappa shape index (κ3) is 3.56. The Morgan fingerprint density at radius 3 is 2.61 bits per heavy atom. The van der Waals surface area contributed by atoms with Crippen molar-refractivity contribution >= 4 is 11.6 Å². The van der Waals surface area contributed by atoms with E-state index in [0.29, 0.717) is 6.04 Å². The van der Waals surface area contributed by atoms with E-state index in [0.717, 1.165) is 23.4 Å². The highest BCUT2D eigenvalue weighted by Gasteiger charge is 2.10. The molecule has 0 aliphatic heterocycles. The first-order chi connectivity index (χ1) is 8.79. The van der Waals surface area contributed by atoms with Crippen molar-refractivity contribution in [3.05, 3.63) is 64.9 Å². The van der Waals surface area contributed by atoms with Gasteiger partial charge in [0, 0.05) is 18.4 Å². The molecule has 1 aromatic carbocycles. The Morgan fingerprint density at radius 1 is 1.17 bits per heavy atom. The molecule has 94 valence electrons. The Labute approximate surface area is 113 Å². The van der Waals surface area contributed by atoms with Crippen molar-refractivity contribution in [3.8, 4) is 0 Å². The van der Waals surface area contributed by atoms with Gasteiger partial charge in [0.2, 0.25) is 0 Å². The van der Waals surface area contributed by atoms with Crippen molar-refractivity contribution in [2.45, 2.75) is 18.9 Å². The Balaban J connectivity index is 2.04. The van der Waals surface area contributed by atoms with E-state index < -0.39 is 0 Å². The molecule has 18 heavy (non-hydrogen) atoms. The summed E-state index contributed by atoms with van der Waals surface area (Å²) in [6, 6.07) is 12.8. The van der Waals surface area contributed by atoms with E-state index in [4.69, 9.17) is 11.6 Å². The Hall–Kier alpha value is -1.38.